The quantitative estimate of drug-likeness (QED) is 0.578. The molecule has 3 heterocycles. The number of hydrogen-bond donors (Lipinski definition) is 0. The van der Waals surface area contributed by atoms with Gasteiger partial charge < -0.3 is 14.5 Å². The largest absolute Gasteiger partial charge is 0.444 e. The fourth-order valence-corrected chi connectivity index (χ4v) is 3.47. The SMILES string of the molecule is CC(C)(C)OC(=O)N1CCN(c2ccncc2/N=C/c2cc(F)c3nccnc3c2)CC1. The third-order valence-corrected chi connectivity index (χ3v) is 4.95. The zero-order valence-corrected chi connectivity index (χ0v) is 18.3. The lowest BCUT2D eigenvalue weighted by atomic mass is 10.2. The number of amides is 1. The van der Waals surface area contributed by atoms with E-state index in [4.69, 9.17) is 4.74 Å². The van der Waals surface area contributed by atoms with Gasteiger partial charge in [0.1, 0.15) is 16.8 Å². The molecule has 166 valence electrons. The number of hydrogen-bond acceptors (Lipinski definition) is 7. The van der Waals surface area contributed by atoms with Gasteiger partial charge in [-0.15, -0.1) is 0 Å². The van der Waals surface area contributed by atoms with E-state index >= 15 is 0 Å². The second-order valence-electron chi connectivity index (χ2n) is 8.50. The molecule has 32 heavy (non-hydrogen) atoms. The number of aromatic nitrogens is 3. The first-order valence-corrected chi connectivity index (χ1v) is 10.4. The summed E-state index contributed by atoms with van der Waals surface area (Å²) in [7, 11) is 0. The van der Waals surface area contributed by atoms with E-state index in [0.717, 1.165) is 5.69 Å². The molecule has 0 bridgehead atoms. The average molecular weight is 436 g/mol. The number of rotatable bonds is 3. The fraction of sp³-hybridized carbons (Fsp3) is 0.348. The Bertz CT molecular complexity index is 1150. The monoisotopic (exact) mass is 436 g/mol. The normalized spacial score (nSPS) is 14.9. The predicted molar refractivity (Wildman–Crippen MR) is 121 cm³/mol. The number of anilines is 1. The number of halogens is 1. The Morgan fingerprint density at radius 3 is 2.62 bits per heavy atom. The van der Waals surface area contributed by atoms with Crippen LogP contribution in [0.1, 0.15) is 26.3 Å². The Morgan fingerprint density at radius 2 is 1.88 bits per heavy atom. The minimum atomic E-state index is -0.519. The van der Waals surface area contributed by atoms with Crippen molar-refractivity contribution in [1.82, 2.24) is 19.9 Å². The van der Waals surface area contributed by atoms with Gasteiger partial charge in [-0.3, -0.25) is 15.0 Å². The summed E-state index contributed by atoms with van der Waals surface area (Å²) in [5, 5.41) is 0. The van der Waals surface area contributed by atoms with Crippen LogP contribution in [0.4, 0.5) is 20.6 Å². The van der Waals surface area contributed by atoms with Crippen LogP contribution in [0.2, 0.25) is 0 Å². The smallest absolute Gasteiger partial charge is 0.410 e. The van der Waals surface area contributed by atoms with Crippen molar-refractivity contribution in [3.05, 3.63) is 54.4 Å². The highest BCUT2D eigenvalue weighted by Crippen LogP contribution is 2.28. The van der Waals surface area contributed by atoms with E-state index in [-0.39, 0.29) is 11.6 Å². The Kier molecular flexibility index (Phi) is 5.98. The van der Waals surface area contributed by atoms with Crippen LogP contribution in [0.25, 0.3) is 11.0 Å². The van der Waals surface area contributed by atoms with Crippen LogP contribution in [0.5, 0.6) is 0 Å². The molecule has 3 aromatic rings. The standard InChI is InChI=1S/C23H25FN6O2/c1-23(2,3)32-22(31)30-10-8-29(9-11-30)20-4-5-25-15-19(20)28-14-16-12-17(24)21-18(13-16)26-6-7-27-21/h4-7,12-15H,8-11H2,1-3H3/b28-14+. The summed E-state index contributed by atoms with van der Waals surface area (Å²) in [4.78, 5) is 33.1. The molecule has 1 fully saturated rings. The third-order valence-electron chi connectivity index (χ3n) is 4.95. The van der Waals surface area contributed by atoms with Gasteiger partial charge in [-0.05, 0) is 44.5 Å². The molecule has 1 amide bonds. The van der Waals surface area contributed by atoms with Crippen molar-refractivity contribution in [1.29, 1.82) is 0 Å². The second-order valence-corrected chi connectivity index (χ2v) is 8.50. The highest BCUT2D eigenvalue weighted by molar-refractivity contribution is 5.89. The Balaban J connectivity index is 1.49. The molecule has 8 nitrogen and oxygen atoms in total. The first-order valence-electron chi connectivity index (χ1n) is 10.4. The van der Waals surface area contributed by atoms with E-state index < -0.39 is 11.4 Å². The van der Waals surface area contributed by atoms with Crippen molar-refractivity contribution >= 4 is 34.7 Å². The second kappa shape index (κ2) is 8.86. The number of pyridine rings is 1. The highest BCUT2D eigenvalue weighted by atomic mass is 19.1. The first-order chi connectivity index (χ1) is 15.3. The lowest BCUT2D eigenvalue weighted by Crippen LogP contribution is -2.50. The van der Waals surface area contributed by atoms with E-state index in [1.54, 1.807) is 29.6 Å². The van der Waals surface area contributed by atoms with Crippen LogP contribution in [-0.2, 0) is 4.74 Å². The third kappa shape index (κ3) is 4.99. The van der Waals surface area contributed by atoms with Gasteiger partial charge in [0.05, 0.1) is 17.4 Å². The Labute approximate surface area is 185 Å². The van der Waals surface area contributed by atoms with Gasteiger partial charge in [0.15, 0.2) is 5.82 Å². The van der Waals surface area contributed by atoms with E-state index in [0.29, 0.717) is 42.9 Å². The van der Waals surface area contributed by atoms with Gasteiger partial charge in [-0.1, -0.05) is 0 Å². The van der Waals surface area contributed by atoms with Crippen LogP contribution < -0.4 is 4.90 Å². The molecule has 1 saturated heterocycles. The molecule has 9 heteroatoms. The lowest BCUT2D eigenvalue weighted by molar-refractivity contribution is 0.0240. The summed E-state index contributed by atoms with van der Waals surface area (Å²) in [6.07, 6.45) is 7.66. The molecule has 2 aromatic heterocycles. The molecule has 4 rings (SSSR count). The fourth-order valence-electron chi connectivity index (χ4n) is 3.47. The Hall–Kier alpha value is -3.62. The van der Waals surface area contributed by atoms with E-state index in [1.807, 2.05) is 26.8 Å². The molecule has 1 aliphatic heterocycles. The number of nitrogens with zero attached hydrogens (tertiary/aromatic N) is 6. The van der Waals surface area contributed by atoms with E-state index in [2.05, 4.69) is 24.8 Å². The summed E-state index contributed by atoms with van der Waals surface area (Å²) in [5.74, 6) is -0.443. The van der Waals surface area contributed by atoms with Crippen molar-refractivity contribution in [2.45, 2.75) is 26.4 Å². The molecule has 0 atom stereocenters. The maximum Gasteiger partial charge on any atom is 0.410 e. The van der Waals surface area contributed by atoms with Gasteiger partial charge in [0.25, 0.3) is 0 Å². The number of aliphatic imine (C=N–C) groups is 1. The summed E-state index contributed by atoms with van der Waals surface area (Å²) >= 11 is 0. The zero-order valence-electron chi connectivity index (χ0n) is 18.3. The van der Waals surface area contributed by atoms with Crippen molar-refractivity contribution in [3.8, 4) is 0 Å². The number of benzene rings is 1. The maximum atomic E-state index is 14.3. The molecule has 1 aromatic carbocycles. The molecule has 0 aliphatic carbocycles. The van der Waals surface area contributed by atoms with E-state index in [1.165, 1.54) is 18.5 Å². The molecule has 0 saturated carbocycles. The van der Waals surface area contributed by atoms with Crippen LogP contribution >= 0.6 is 0 Å². The molecule has 0 unspecified atom stereocenters. The minimum absolute atomic E-state index is 0.231. The average Bonchev–Trinajstić information content (AvgIpc) is 2.77. The predicted octanol–water partition coefficient (Wildman–Crippen LogP) is 3.97. The van der Waals surface area contributed by atoms with Gasteiger partial charge in [-0.25, -0.2) is 14.2 Å². The summed E-state index contributed by atoms with van der Waals surface area (Å²) in [5.41, 5.74) is 2.34. The van der Waals surface area contributed by atoms with Crippen molar-refractivity contribution in [2.24, 2.45) is 4.99 Å². The summed E-state index contributed by atoms with van der Waals surface area (Å²) in [6.45, 7) is 7.96. The van der Waals surface area contributed by atoms with Gasteiger partial charge in [0, 0.05) is 51.0 Å². The van der Waals surface area contributed by atoms with Gasteiger partial charge in [0.2, 0.25) is 0 Å². The molecular formula is C23H25FN6O2. The summed E-state index contributed by atoms with van der Waals surface area (Å²) < 4.78 is 19.8. The zero-order chi connectivity index (χ0) is 22.7. The van der Waals surface area contributed by atoms with Crippen LogP contribution in [0.3, 0.4) is 0 Å². The molecule has 0 N–H and O–H groups in total. The van der Waals surface area contributed by atoms with Crippen molar-refractivity contribution in [3.63, 3.8) is 0 Å². The number of piperazine rings is 1. The van der Waals surface area contributed by atoms with Crippen molar-refractivity contribution < 1.29 is 13.9 Å². The van der Waals surface area contributed by atoms with E-state index in [9.17, 15) is 9.18 Å². The minimum Gasteiger partial charge on any atom is -0.444 e. The molecular weight excluding hydrogens is 411 g/mol. The Morgan fingerprint density at radius 1 is 1.12 bits per heavy atom. The highest BCUT2D eigenvalue weighted by Gasteiger charge is 2.26. The molecule has 1 aliphatic rings. The number of fused-ring (bicyclic) bond motifs is 1. The van der Waals surface area contributed by atoms with Crippen molar-refractivity contribution in [2.75, 3.05) is 31.1 Å². The molecule has 0 radical (unpaired) electrons. The van der Waals surface area contributed by atoms with Crippen LogP contribution in [0, 0.1) is 5.82 Å². The van der Waals surface area contributed by atoms with Gasteiger partial charge in [-0.2, -0.15) is 0 Å². The first kappa shape index (κ1) is 21.6. The van der Waals surface area contributed by atoms with Crippen LogP contribution in [0.15, 0.2) is 48.0 Å². The number of carbonyl (C=O) groups excluding carboxylic acids is 1. The topological polar surface area (TPSA) is 83.8 Å². The van der Waals surface area contributed by atoms with Gasteiger partial charge >= 0.3 is 6.09 Å². The van der Waals surface area contributed by atoms with Crippen LogP contribution in [-0.4, -0.2) is 63.9 Å². The summed E-state index contributed by atoms with van der Waals surface area (Å²) in [6, 6.07) is 5.02. The maximum absolute atomic E-state index is 14.3. The number of carbonyl (C=O) groups is 1. The lowest BCUT2D eigenvalue weighted by Gasteiger charge is -2.37. The number of ether oxygens (including phenoxy) is 1. The molecule has 0 spiro atoms.